The lowest BCUT2D eigenvalue weighted by atomic mass is 10.2. The molecule has 92 valence electrons. The zero-order chi connectivity index (χ0) is 12.6. The molecule has 0 aliphatic heterocycles. The summed E-state index contributed by atoms with van der Waals surface area (Å²) < 4.78 is 5.68. The van der Waals surface area contributed by atoms with Gasteiger partial charge in [0.15, 0.2) is 0 Å². The largest absolute Gasteiger partial charge is 0.493 e. The fraction of sp³-hybridized carbons (Fsp3) is 0.188. The van der Waals surface area contributed by atoms with Crippen molar-refractivity contribution >= 4 is 11.9 Å². The Morgan fingerprint density at radius 2 is 1.72 bits per heavy atom. The summed E-state index contributed by atoms with van der Waals surface area (Å²) in [6.45, 7) is 2.83. The van der Waals surface area contributed by atoms with Gasteiger partial charge in [0.2, 0.25) is 0 Å². The first-order chi connectivity index (χ1) is 8.90. The number of ether oxygens (including phenoxy) is 1. The Morgan fingerprint density at radius 1 is 1.00 bits per heavy atom. The molecular weight excluding hydrogens is 222 g/mol. The minimum Gasteiger partial charge on any atom is -0.493 e. The van der Waals surface area contributed by atoms with Gasteiger partial charge < -0.3 is 4.74 Å². The molecule has 0 saturated carbocycles. The highest BCUT2D eigenvalue weighted by molar-refractivity contribution is 5.85. The summed E-state index contributed by atoms with van der Waals surface area (Å²) in [6, 6.07) is 17.9. The third kappa shape index (κ3) is 3.45. The van der Waals surface area contributed by atoms with Gasteiger partial charge in [-0.2, -0.15) is 0 Å². The van der Waals surface area contributed by atoms with E-state index in [-0.39, 0.29) is 0 Å². The maximum absolute atomic E-state index is 5.68. The summed E-state index contributed by atoms with van der Waals surface area (Å²) in [6.07, 6.45) is 2.85. The average molecular weight is 239 g/mol. The summed E-state index contributed by atoms with van der Waals surface area (Å²) in [4.78, 5) is 4.44. The Bertz CT molecular complexity index is 506. The molecule has 0 bridgehead atoms. The maximum atomic E-state index is 5.68. The van der Waals surface area contributed by atoms with E-state index in [1.165, 1.54) is 0 Å². The van der Waals surface area contributed by atoms with Crippen LogP contribution in [-0.2, 0) is 0 Å². The lowest BCUT2D eigenvalue weighted by Gasteiger charge is -2.07. The predicted molar refractivity (Wildman–Crippen MR) is 75.9 cm³/mol. The second-order valence-electron chi connectivity index (χ2n) is 3.98. The van der Waals surface area contributed by atoms with Gasteiger partial charge in [0, 0.05) is 11.8 Å². The molecule has 0 radical (unpaired) electrons. The minimum atomic E-state index is 0.732. The summed E-state index contributed by atoms with van der Waals surface area (Å²) in [7, 11) is 0. The molecule has 0 aliphatic rings. The van der Waals surface area contributed by atoms with Gasteiger partial charge in [-0.1, -0.05) is 37.3 Å². The lowest BCUT2D eigenvalue weighted by Crippen LogP contribution is -1.98. The first kappa shape index (κ1) is 12.4. The van der Waals surface area contributed by atoms with E-state index in [4.69, 9.17) is 4.74 Å². The standard InChI is InChI=1S/C16H17NO/c1-2-12-18-16-11-7-6-8-14(16)13-17-15-9-4-3-5-10-15/h3-11,13H,2,12H2,1H3. The summed E-state index contributed by atoms with van der Waals surface area (Å²) >= 11 is 0. The van der Waals surface area contributed by atoms with Gasteiger partial charge in [0.05, 0.1) is 12.3 Å². The highest BCUT2D eigenvalue weighted by atomic mass is 16.5. The van der Waals surface area contributed by atoms with Crippen LogP contribution in [0.1, 0.15) is 18.9 Å². The Morgan fingerprint density at radius 3 is 2.50 bits per heavy atom. The van der Waals surface area contributed by atoms with Crippen molar-refractivity contribution in [1.82, 2.24) is 0 Å². The van der Waals surface area contributed by atoms with E-state index >= 15 is 0 Å². The van der Waals surface area contributed by atoms with Crippen LogP contribution in [0.25, 0.3) is 0 Å². The van der Waals surface area contributed by atoms with Crippen LogP contribution in [0.2, 0.25) is 0 Å². The lowest BCUT2D eigenvalue weighted by molar-refractivity contribution is 0.317. The number of para-hydroxylation sites is 2. The highest BCUT2D eigenvalue weighted by Crippen LogP contribution is 2.17. The molecular formula is C16H17NO. The second-order valence-corrected chi connectivity index (χ2v) is 3.98. The van der Waals surface area contributed by atoms with Crippen molar-refractivity contribution in [3.05, 3.63) is 60.2 Å². The molecule has 0 saturated heterocycles. The van der Waals surface area contributed by atoms with E-state index in [2.05, 4.69) is 11.9 Å². The smallest absolute Gasteiger partial charge is 0.128 e. The fourth-order valence-electron chi connectivity index (χ4n) is 1.59. The van der Waals surface area contributed by atoms with Crippen molar-refractivity contribution in [2.24, 2.45) is 4.99 Å². The normalized spacial score (nSPS) is 10.7. The molecule has 0 spiro atoms. The van der Waals surface area contributed by atoms with Crippen LogP contribution in [0.3, 0.4) is 0 Å². The van der Waals surface area contributed by atoms with Gasteiger partial charge in [0.1, 0.15) is 5.75 Å². The average Bonchev–Trinajstić information content (AvgIpc) is 2.45. The van der Waals surface area contributed by atoms with Gasteiger partial charge in [-0.05, 0) is 30.7 Å². The first-order valence-electron chi connectivity index (χ1n) is 6.21. The van der Waals surface area contributed by atoms with Crippen molar-refractivity contribution in [1.29, 1.82) is 0 Å². The van der Waals surface area contributed by atoms with Crippen LogP contribution in [0.4, 0.5) is 5.69 Å². The predicted octanol–water partition coefficient (Wildman–Crippen LogP) is 4.23. The monoisotopic (exact) mass is 239 g/mol. The number of aliphatic imine (C=N–C) groups is 1. The van der Waals surface area contributed by atoms with Crippen LogP contribution < -0.4 is 4.74 Å². The van der Waals surface area contributed by atoms with E-state index in [9.17, 15) is 0 Å². The molecule has 0 heterocycles. The number of rotatable bonds is 5. The molecule has 2 aromatic rings. The molecule has 2 aromatic carbocycles. The number of nitrogens with zero attached hydrogens (tertiary/aromatic N) is 1. The second kappa shape index (κ2) is 6.60. The quantitative estimate of drug-likeness (QED) is 0.716. The highest BCUT2D eigenvalue weighted by Gasteiger charge is 1.99. The molecule has 0 fully saturated rings. The van der Waals surface area contributed by atoms with Crippen molar-refractivity contribution in [2.75, 3.05) is 6.61 Å². The van der Waals surface area contributed by atoms with Gasteiger partial charge in [-0.25, -0.2) is 0 Å². The maximum Gasteiger partial charge on any atom is 0.128 e. The fourth-order valence-corrected chi connectivity index (χ4v) is 1.59. The first-order valence-corrected chi connectivity index (χ1v) is 6.21. The summed E-state index contributed by atoms with van der Waals surface area (Å²) in [5.41, 5.74) is 1.96. The van der Waals surface area contributed by atoms with Gasteiger partial charge in [-0.3, -0.25) is 4.99 Å². The number of hydrogen-bond acceptors (Lipinski definition) is 2. The van der Waals surface area contributed by atoms with Gasteiger partial charge in [-0.15, -0.1) is 0 Å². The zero-order valence-electron chi connectivity index (χ0n) is 10.5. The molecule has 0 aliphatic carbocycles. The Labute approximate surface area is 108 Å². The topological polar surface area (TPSA) is 21.6 Å². The van der Waals surface area contributed by atoms with E-state index in [1.807, 2.05) is 60.8 Å². The van der Waals surface area contributed by atoms with E-state index in [1.54, 1.807) is 0 Å². The van der Waals surface area contributed by atoms with Crippen molar-refractivity contribution < 1.29 is 4.74 Å². The Balaban J connectivity index is 2.15. The molecule has 2 rings (SSSR count). The molecule has 0 aromatic heterocycles. The van der Waals surface area contributed by atoms with Crippen molar-refractivity contribution in [3.8, 4) is 5.75 Å². The Hall–Kier alpha value is -2.09. The SMILES string of the molecule is CCCOc1ccccc1C=Nc1ccccc1. The van der Waals surface area contributed by atoms with Gasteiger partial charge >= 0.3 is 0 Å². The number of benzene rings is 2. The number of hydrogen-bond donors (Lipinski definition) is 0. The summed E-state index contributed by atoms with van der Waals surface area (Å²) in [5.74, 6) is 0.888. The van der Waals surface area contributed by atoms with Crippen LogP contribution >= 0.6 is 0 Å². The van der Waals surface area contributed by atoms with Crippen LogP contribution in [0.5, 0.6) is 5.75 Å². The minimum absolute atomic E-state index is 0.732. The van der Waals surface area contributed by atoms with E-state index in [0.29, 0.717) is 0 Å². The van der Waals surface area contributed by atoms with Crippen LogP contribution in [0.15, 0.2) is 59.6 Å². The molecule has 2 heteroatoms. The third-order valence-electron chi connectivity index (χ3n) is 2.49. The van der Waals surface area contributed by atoms with E-state index < -0.39 is 0 Å². The molecule has 0 amide bonds. The van der Waals surface area contributed by atoms with E-state index in [0.717, 1.165) is 30.0 Å². The molecule has 2 nitrogen and oxygen atoms in total. The zero-order valence-corrected chi connectivity index (χ0v) is 10.5. The summed E-state index contributed by atoms with van der Waals surface area (Å²) in [5, 5.41) is 0. The molecule has 0 unspecified atom stereocenters. The molecule has 18 heavy (non-hydrogen) atoms. The van der Waals surface area contributed by atoms with Crippen molar-refractivity contribution in [3.63, 3.8) is 0 Å². The Kier molecular flexibility index (Phi) is 4.53. The van der Waals surface area contributed by atoms with Crippen molar-refractivity contribution in [2.45, 2.75) is 13.3 Å². The van der Waals surface area contributed by atoms with Crippen LogP contribution in [0, 0.1) is 0 Å². The third-order valence-corrected chi connectivity index (χ3v) is 2.49. The molecule has 0 N–H and O–H groups in total. The molecule has 0 atom stereocenters. The van der Waals surface area contributed by atoms with Crippen LogP contribution in [-0.4, -0.2) is 12.8 Å². The van der Waals surface area contributed by atoms with Gasteiger partial charge in [0.25, 0.3) is 0 Å².